The highest BCUT2D eigenvalue weighted by molar-refractivity contribution is 5.56. The van der Waals surface area contributed by atoms with E-state index in [0.29, 0.717) is 0 Å². The number of hydrogen-bond donors (Lipinski definition) is 1. The molecule has 0 aliphatic carbocycles. The lowest BCUT2D eigenvalue weighted by molar-refractivity contribution is 0.873. The van der Waals surface area contributed by atoms with Gasteiger partial charge in [-0.3, -0.25) is 4.98 Å². The molecule has 0 radical (unpaired) electrons. The molecule has 0 saturated heterocycles. The van der Waals surface area contributed by atoms with E-state index in [2.05, 4.69) is 21.9 Å². The quantitative estimate of drug-likeness (QED) is 0.801. The van der Waals surface area contributed by atoms with Crippen LogP contribution in [0.25, 0.3) is 11.3 Å². The van der Waals surface area contributed by atoms with Crippen LogP contribution >= 0.6 is 0 Å². The molecule has 2 rings (SSSR count). The molecule has 0 bridgehead atoms. The van der Waals surface area contributed by atoms with Gasteiger partial charge in [0.25, 0.3) is 0 Å². The van der Waals surface area contributed by atoms with Gasteiger partial charge in [0, 0.05) is 24.2 Å². The number of nitrogens with one attached hydrogen (secondary N) is 1. The molecule has 2 aromatic heterocycles. The summed E-state index contributed by atoms with van der Waals surface area (Å²) in [5.41, 5.74) is 3.10. The number of aromatic nitrogens is 3. The van der Waals surface area contributed by atoms with Crippen molar-refractivity contribution < 1.29 is 0 Å². The lowest BCUT2D eigenvalue weighted by atomic mass is 10.2. The molecule has 2 heterocycles. The largest absolute Gasteiger partial charge is 0.367 e. The summed E-state index contributed by atoms with van der Waals surface area (Å²) in [7, 11) is 0. The molecule has 0 aliphatic heterocycles. The summed E-state index contributed by atoms with van der Waals surface area (Å²) in [6.45, 7) is 2.14. The Morgan fingerprint density at radius 2 is 2.29 bits per heavy atom. The SMILES string of the molecule is CCCc1cncc(-c2cc[nH]c2)n1. The molecular weight excluding hydrogens is 174 g/mol. The van der Waals surface area contributed by atoms with Crippen molar-refractivity contribution in [3.63, 3.8) is 0 Å². The van der Waals surface area contributed by atoms with Gasteiger partial charge in [-0.05, 0) is 12.5 Å². The highest BCUT2D eigenvalue weighted by atomic mass is 14.8. The van der Waals surface area contributed by atoms with Crippen molar-refractivity contribution in [1.82, 2.24) is 15.0 Å². The van der Waals surface area contributed by atoms with Crippen molar-refractivity contribution in [2.24, 2.45) is 0 Å². The van der Waals surface area contributed by atoms with Crippen molar-refractivity contribution in [2.45, 2.75) is 19.8 Å². The van der Waals surface area contributed by atoms with E-state index in [-0.39, 0.29) is 0 Å². The summed E-state index contributed by atoms with van der Waals surface area (Å²) >= 11 is 0. The first-order valence-electron chi connectivity index (χ1n) is 4.84. The first-order chi connectivity index (χ1) is 6.90. The number of H-pyrrole nitrogens is 1. The molecule has 3 heteroatoms. The van der Waals surface area contributed by atoms with E-state index in [1.165, 1.54) is 0 Å². The van der Waals surface area contributed by atoms with Crippen LogP contribution in [0.3, 0.4) is 0 Å². The number of aromatic amines is 1. The van der Waals surface area contributed by atoms with Crippen LogP contribution in [-0.4, -0.2) is 15.0 Å². The Balaban J connectivity index is 2.31. The van der Waals surface area contributed by atoms with E-state index >= 15 is 0 Å². The second-order valence-corrected chi connectivity index (χ2v) is 3.25. The van der Waals surface area contributed by atoms with Crippen LogP contribution in [0.15, 0.2) is 30.9 Å². The van der Waals surface area contributed by atoms with Gasteiger partial charge in [-0.25, -0.2) is 4.98 Å². The second kappa shape index (κ2) is 4.05. The highest BCUT2D eigenvalue weighted by Crippen LogP contribution is 2.14. The Morgan fingerprint density at radius 3 is 3.00 bits per heavy atom. The third-order valence-electron chi connectivity index (χ3n) is 2.08. The van der Waals surface area contributed by atoms with Crippen LogP contribution in [0.1, 0.15) is 19.0 Å². The lowest BCUT2D eigenvalue weighted by Gasteiger charge is -2.00. The maximum absolute atomic E-state index is 4.52. The fourth-order valence-corrected chi connectivity index (χ4v) is 1.41. The highest BCUT2D eigenvalue weighted by Gasteiger charge is 2.01. The molecule has 3 nitrogen and oxygen atoms in total. The van der Waals surface area contributed by atoms with E-state index in [1.54, 1.807) is 6.20 Å². The second-order valence-electron chi connectivity index (χ2n) is 3.25. The van der Waals surface area contributed by atoms with Crippen molar-refractivity contribution in [1.29, 1.82) is 0 Å². The van der Waals surface area contributed by atoms with E-state index in [0.717, 1.165) is 29.8 Å². The maximum atomic E-state index is 4.52. The Labute approximate surface area is 83.2 Å². The predicted molar refractivity (Wildman–Crippen MR) is 55.8 cm³/mol. The van der Waals surface area contributed by atoms with Gasteiger partial charge in [0.1, 0.15) is 0 Å². The summed E-state index contributed by atoms with van der Waals surface area (Å²) < 4.78 is 0. The molecule has 1 N–H and O–H groups in total. The number of rotatable bonds is 3. The number of nitrogens with zero attached hydrogens (tertiary/aromatic N) is 2. The summed E-state index contributed by atoms with van der Waals surface area (Å²) in [5, 5.41) is 0. The Kier molecular flexibility index (Phi) is 2.58. The molecule has 0 amide bonds. The fourth-order valence-electron chi connectivity index (χ4n) is 1.41. The number of hydrogen-bond acceptors (Lipinski definition) is 2. The summed E-state index contributed by atoms with van der Waals surface area (Å²) in [4.78, 5) is 11.7. The van der Waals surface area contributed by atoms with Crippen LogP contribution in [0, 0.1) is 0 Å². The average Bonchev–Trinajstić information content (AvgIpc) is 2.71. The van der Waals surface area contributed by atoms with Crippen LogP contribution in [0.2, 0.25) is 0 Å². The lowest BCUT2D eigenvalue weighted by Crippen LogP contribution is -1.92. The minimum absolute atomic E-state index is 0.942. The van der Waals surface area contributed by atoms with E-state index < -0.39 is 0 Å². The fraction of sp³-hybridized carbons (Fsp3) is 0.273. The van der Waals surface area contributed by atoms with Crippen molar-refractivity contribution in [3.8, 4) is 11.3 Å². The third kappa shape index (κ3) is 1.82. The molecule has 0 atom stereocenters. The van der Waals surface area contributed by atoms with Crippen LogP contribution in [-0.2, 0) is 6.42 Å². The molecule has 0 fully saturated rings. The smallest absolute Gasteiger partial charge is 0.0903 e. The molecule has 0 aromatic carbocycles. The van der Waals surface area contributed by atoms with Gasteiger partial charge in [-0.1, -0.05) is 13.3 Å². The number of aryl methyl sites for hydroxylation is 1. The molecule has 0 saturated carbocycles. The summed E-state index contributed by atoms with van der Waals surface area (Å²) in [6, 6.07) is 2.00. The van der Waals surface area contributed by atoms with Crippen LogP contribution < -0.4 is 0 Å². The van der Waals surface area contributed by atoms with E-state index in [1.807, 2.05) is 24.7 Å². The third-order valence-corrected chi connectivity index (χ3v) is 2.08. The molecular formula is C11H13N3. The van der Waals surface area contributed by atoms with Gasteiger partial charge in [-0.15, -0.1) is 0 Å². The molecule has 2 aromatic rings. The van der Waals surface area contributed by atoms with Crippen LogP contribution in [0.4, 0.5) is 0 Å². The minimum Gasteiger partial charge on any atom is -0.367 e. The zero-order valence-corrected chi connectivity index (χ0v) is 8.20. The van der Waals surface area contributed by atoms with Crippen molar-refractivity contribution >= 4 is 0 Å². The first-order valence-corrected chi connectivity index (χ1v) is 4.84. The minimum atomic E-state index is 0.942. The molecule has 14 heavy (non-hydrogen) atoms. The van der Waals surface area contributed by atoms with Gasteiger partial charge in [0.15, 0.2) is 0 Å². The Bertz CT molecular complexity index is 393. The van der Waals surface area contributed by atoms with E-state index in [9.17, 15) is 0 Å². The average molecular weight is 187 g/mol. The van der Waals surface area contributed by atoms with Gasteiger partial charge in [0.2, 0.25) is 0 Å². The monoisotopic (exact) mass is 187 g/mol. The Hall–Kier alpha value is -1.64. The zero-order chi connectivity index (χ0) is 9.80. The topological polar surface area (TPSA) is 41.6 Å². The maximum Gasteiger partial charge on any atom is 0.0903 e. The first kappa shape index (κ1) is 8.94. The van der Waals surface area contributed by atoms with Crippen LogP contribution in [0.5, 0.6) is 0 Å². The van der Waals surface area contributed by atoms with Gasteiger partial charge < -0.3 is 4.98 Å². The van der Waals surface area contributed by atoms with E-state index in [4.69, 9.17) is 0 Å². The summed E-state index contributed by atoms with van der Waals surface area (Å²) in [6.07, 6.45) is 9.54. The standard InChI is InChI=1S/C11H13N3/c1-2-3-10-7-13-8-11(14-10)9-4-5-12-6-9/h4-8,12H,2-3H2,1H3. The zero-order valence-electron chi connectivity index (χ0n) is 8.20. The van der Waals surface area contributed by atoms with Crippen molar-refractivity contribution in [3.05, 3.63) is 36.5 Å². The normalized spacial score (nSPS) is 10.4. The Morgan fingerprint density at radius 1 is 1.36 bits per heavy atom. The van der Waals surface area contributed by atoms with Gasteiger partial charge in [-0.2, -0.15) is 0 Å². The molecule has 0 spiro atoms. The van der Waals surface area contributed by atoms with Crippen molar-refractivity contribution in [2.75, 3.05) is 0 Å². The van der Waals surface area contributed by atoms with Gasteiger partial charge >= 0.3 is 0 Å². The van der Waals surface area contributed by atoms with Gasteiger partial charge in [0.05, 0.1) is 17.6 Å². The molecule has 0 aliphatic rings. The molecule has 72 valence electrons. The summed E-state index contributed by atoms with van der Waals surface area (Å²) in [5.74, 6) is 0. The molecule has 0 unspecified atom stereocenters. The predicted octanol–water partition coefficient (Wildman–Crippen LogP) is 2.42.